The molecule has 0 unspecified atom stereocenters. The average molecular weight is 421 g/mol. The molecule has 6 heteroatoms. The number of benzene rings is 3. The summed E-state index contributed by atoms with van der Waals surface area (Å²) < 4.78 is 10.6. The SMILES string of the molecule is COc1ccccc1C(=O)[C@H](O)[C@@H](NC(=O)OC(C)(C)C)c1ccc2ccccc2c1. The lowest BCUT2D eigenvalue weighted by Gasteiger charge is -2.27. The Morgan fingerprint density at radius 1 is 0.935 bits per heavy atom. The van der Waals surface area contributed by atoms with E-state index in [2.05, 4.69) is 5.32 Å². The molecule has 0 saturated heterocycles. The van der Waals surface area contributed by atoms with Crippen molar-refractivity contribution < 1.29 is 24.2 Å². The minimum absolute atomic E-state index is 0.231. The molecule has 6 nitrogen and oxygen atoms in total. The summed E-state index contributed by atoms with van der Waals surface area (Å²) in [4.78, 5) is 25.7. The Hall–Kier alpha value is -3.38. The third-order valence-electron chi connectivity index (χ3n) is 4.76. The molecular weight excluding hydrogens is 394 g/mol. The molecule has 3 aromatic rings. The van der Waals surface area contributed by atoms with Crippen molar-refractivity contribution in [2.75, 3.05) is 7.11 Å². The van der Waals surface area contributed by atoms with Gasteiger partial charge in [-0.1, -0.05) is 48.5 Å². The molecule has 0 heterocycles. The number of nitrogens with one attached hydrogen (secondary N) is 1. The highest BCUT2D eigenvalue weighted by atomic mass is 16.6. The largest absolute Gasteiger partial charge is 0.496 e. The number of carbonyl (C=O) groups excluding carboxylic acids is 2. The number of carbonyl (C=O) groups is 2. The molecule has 0 bridgehead atoms. The number of rotatable bonds is 6. The van der Waals surface area contributed by atoms with E-state index in [0.717, 1.165) is 10.8 Å². The van der Waals surface area contributed by atoms with Crippen LogP contribution in [-0.2, 0) is 4.74 Å². The highest BCUT2D eigenvalue weighted by molar-refractivity contribution is 6.02. The number of ketones is 1. The van der Waals surface area contributed by atoms with E-state index in [9.17, 15) is 14.7 Å². The molecule has 0 spiro atoms. The molecule has 3 aromatic carbocycles. The van der Waals surface area contributed by atoms with Crippen LogP contribution in [0.4, 0.5) is 4.79 Å². The van der Waals surface area contributed by atoms with E-state index in [4.69, 9.17) is 9.47 Å². The van der Waals surface area contributed by atoms with Crippen molar-refractivity contribution in [1.29, 1.82) is 0 Å². The number of methoxy groups -OCH3 is 1. The van der Waals surface area contributed by atoms with Gasteiger partial charge >= 0.3 is 6.09 Å². The Kier molecular flexibility index (Phi) is 6.61. The van der Waals surface area contributed by atoms with E-state index in [-0.39, 0.29) is 5.56 Å². The molecule has 0 aliphatic carbocycles. The number of hydrogen-bond donors (Lipinski definition) is 2. The smallest absolute Gasteiger partial charge is 0.408 e. The molecule has 0 radical (unpaired) electrons. The van der Waals surface area contributed by atoms with Gasteiger partial charge in [-0.2, -0.15) is 0 Å². The van der Waals surface area contributed by atoms with Crippen LogP contribution in [0.2, 0.25) is 0 Å². The lowest BCUT2D eigenvalue weighted by Crippen LogP contribution is -2.42. The molecule has 0 saturated carbocycles. The summed E-state index contributed by atoms with van der Waals surface area (Å²) in [5, 5.41) is 15.6. The van der Waals surface area contributed by atoms with Crippen LogP contribution in [0.3, 0.4) is 0 Å². The number of ether oxygens (including phenoxy) is 2. The third kappa shape index (κ3) is 5.41. The maximum atomic E-state index is 13.1. The first kappa shape index (κ1) is 22.3. The topological polar surface area (TPSA) is 84.9 Å². The number of amides is 1. The first-order valence-corrected chi connectivity index (χ1v) is 10.0. The molecule has 0 aromatic heterocycles. The number of para-hydroxylation sites is 1. The summed E-state index contributed by atoms with van der Waals surface area (Å²) >= 11 is 0. The second kappa shape index (κ2) is 9.18. The second-order valence-corrected chi connectivity index (χ2v) is 8.24. The molecule has 1 amide bonds. The van der Waals surface area contributed by atoms with Crippen molar-refractivity contribution in [3.05, 3.63) is 77.9 Å². The van der Waals surface area contributed by atoms with E-state index in [0.29, 0.717) is 11.3 Å². The zero-order valence-corrected chi connectivity index (χ0v) is 18.1. The molecule has 0 fully saturated rings. The van der Waals surface area contributed by atoms with Gasteiger partial charge in [-0.05, 0) is 55.3 Å². The van der Waals surface area contributed by atoms with Gasteiger partial charge in [0.05, 0.1) is 18.7 Å². The third-order valence-corrected chi connectivity index (χ3v) is 4.76. The van der Waals surface area contributed by atoms with Crippen LogP contribution in [-0.4, -0.2) is 35.8 Å². The monoisotopic (exact) mass is 421 g/mol. The highest BCUT2D eigenvalue weighted by Gasteiger charge is 2.32. The van der Waals surface area contributed by atoms with Crippen LogP contribution in [0.5, 0.6) is 5.75 Å². The fraction of sp³-hybridized carbons (Fsp3) is 0.280. The van der Waals surface area contributed by atoms with Gasteiger partial charge in [0.15, 0.2) is 5.78 Å². The van der Waals surface area contributed by atoms with Gasteiger partial charge in [-0.15, -0.1) is 0 Å². The van der Waals surface area contributed by atoms with Gasteiger partial charge in [0, 0.05) is 0 Å². The van der Waals surface area contributed by atoms with Gasteiger partial charge in [0.25, 0.3) is 0 Å². The van der Waals surface area contributed by atoms with Crippen LogP contribution in [0.1, 0.15) is 42.7 Å². The Bertz CT molecular complexity index is 1090. The van der Waals surface area contributed by atoms with Gasteiger partial charge < -0.3 is 19.9 Å². The highest BCUT2D eigenvalue weighted by Crippen LogP contribution is 2.27. The zero-order valence-electron chi connectivity index (χ0n) is 18.1. The number of aliphatic hydroxyl groups is 1. The molecule has 162 valence electrons. The Labute approximate surface area is 181 Å². The Morgan fingerprint density at radius 2 is 1.58 bits per heavy atom. The Morgan fingerprint density at radius 3 is 2.26 bits per heavy atom. The second-order valence-electron chi connectivity index (χ2n) is 8.24. The number of Topliss-reactive ketones (excluding diaryl/α,β-unsaturated/α-hetero) is 1. The average Bonchev–Trinajstić information content (AvgIpc) is 2.75. The van der Waals surface area contributed by atoms with Crippen LogP contribution < -0.4 is 10.1 Å². The predicted octanol–water partition coefficient (Wildman–Crippen LogP) is 4.66. The molecule has 2 atom stereocenters. The van der Waals surface area contributed by atoms with Crippen LogP contribution in [0.25, 0.3) is 10.8 Å². The van der Waals surface area contributed by atoms with Crippen molar-refractivity contribution >= 4 is 22.6 Å². The predicted molar refractivity (Wildman–Crippen MR) is 119 cm³/mol. The summed E-state index contributed by atoms with van der Waals surface area (Å²) in [6.45, 7) is 5.23. The van der Waals surface area contributed by atoms with Crippen LogP contribution in [0.15, 0.2) is 66.7 Å². The summed E-state index contributed by atoms with van der Waals surface area (Å²) in [5.74, 6) is -0.215. The van der Waals surface area contributed by atoms with Crippen molar-refractivity contribution in [2.45, 2.75) is 38.5 Å². The number of aliphatic hydroxyl groups excluding tert-OH is 1. The first-order valence-electron chi connectivity index (χ1n) is 10.0. The molecular formula is C25H27NO5. The van der Waals surface area contributed by atoms with Crippen molar-refractivity contribution in [3.63, 3.8) is 0 Å². The first-order chi connectivity index (χ1) is 14.7. The summed E-state index contributed by atoms with van der Waals surface area (Å²) in [7, 11) is 1.46. The van der Waals surface area contributed by atoms with Gasteiger partial charge in [0.2, 0.25) is 0 Å². The standard InChI is InChI=1S/C25H27NO5/c1-25(2,3)31-24(29)26-21(18-14-13-16-9-5-6-10-17(16)15-18)23(28)22(27)19-11-7-8-12-20(19)30-4/h5-15,21,23,28H,1-4H3,(H,26,29)/t21-,23+/m0/s1. The van der Waals surface area contributed by atoms with E-state index < -0.39 is 29.6 Å². The lowest BCUT2D eigenvalue weighted by atomic mass is 9.93. The summed E-state index contributed by atoms with van der Waals surface area (Å²) in [5.41, 5.74) is 0.0879. The van der Waals surface area contributed by atoms with Gasteiger partial charge in [0.1, 0.15) is 17.5 Å². The normalized spacial score (nSPS) is 13.3. The van der Waals surface area contributed by atoms with E-state index in [1.54, 1.807) is 51.1 Å². The number of hydrogen-bond acceptors (Lipinski definition) is 5. The van der Waals surface area contributed by atoms with Crippen molar-refractivity contribution in [1.82, 2.24) is 5.32 Å². The lowest BCUT2D eigenvalue weighted by molar-refractivity contribution is 0.0407. The maximum absolute atomic E-state index is 13.1. The van der Waals surface area contributed by atoms with Crippen LogP contribution >= 0.6 is 0 Å². The van der Waals surface area contributed by atoms with Gasteiger partial charge in [-0.3, -0.25) is 4.79 Å². The quantitative estimate of drug-likeness (QED) is 0.566. The van der Waals surface area contributed by atoms with Gasteiger partial charge in [-0.25, -0.2) is 4.79 Å². The molecule has 31 heavy (non-hydrogen) atoms. The molecule has 3 rings (SSSR count). The van der Waals surface area contributed by atoms with E-state index >= 15 is 0 Å². The summed E-state index contributed by atoms with van der Waals surface area (Å²) in [6.07, 6.45) is -2.28. The minimum atomic E-state index is -1.55. The minimum Gasteiger partial charge on any atom is -0.496 e. The molecule has 0 aliphatic rings. The van der Waals surface area contributed by atoms with Crippen LogP contribution in [0, 0.1) is 0 Å². The Balaban J connectivity index is 1.99. The summed E-state index contributed by atoms with van der Waals surface area (Å²) in [6, 6.07) is 18.9. The molecule has 2 N–H and O–H groups in total. The fourth-order valence-electron chi connectivity index (χ4n) is 3.34. The maximum Gasteiger partial charge on any atom is 0.408 e. The van der Waals surface area contributed by atoms with E-state index in [1.165, 1.54) is 7.11 Å². The number of alkyl carbamates (subject to hydrolysis) is 1. The van der Waals surface area contributed by atoms with Crippen molar-refractivity contribution in [3.8, 4) is 5.75 Å². The molecule has 0 aliphatic heterocycles. The van der Waals surface area contributed by atoms with E-state index in [1.807, 2.05) is 36.4 Å². The number of fused-ring (bicyclic) bond motifs is 1. The van der Waals surface area contributed by atoms with Crippen molar-refractivity contribution in [2.24, 2.45) is 0 Å². The zero-order chi connectivity index (χ0) is 22.6. The fourth-order valence-corrected chi connectivity index (χ4v) is 3.34.